The minimum Gasteiger partial charge on any atom is -0.342 e. The van der Waals surface area contributed by atoms with Crippen LogP contribution in [0.3, 0.4) is 0 Å². The lowest BCUT2D eigenvalue weighted by Crippen LogP contribution is -2.58. The van der Waals surface area contributed by atoms with Crippen LogP contribution >= 0.6 is 0 Å². The standard InChI is InChI=1S/C20H25N7O3/c1-13(2)12-27-19(30)23-18(29)20(27)5-8-26(9-6-20)16(28)10-15-22-17(25-24-15)14-4-3-7-21-11-14/h3-4,7,11,13H,5-6,8-10,12H2,1-2H3,(H,22,24,25)(H,23,29,30). The number of piperidine rings is 1. The lowest BCUT2D eigenvalue weighted by Gasteiger charge is -2.42. The predicted octanol–water partition coefficient (Wildman–Crippen LogP) is 0.978. The Balaban J connectivity index is 1.39. The largest absolute Gasteiger partial charge is 0.342 e. The van der Waals surface area contributed by atoms with Crippen molar-refractivity contribution in [2.24, 2.45) is 5.92 Å². The number of pyridine rings is 1. The number of imide groups is 1. The summed E-state index contributed by atoms with van der Waals surface area (Å²) in [4.78, 5) is 49.4. The maximum Gasteiger partial charge on any atom is 0.325 e. The Morgan fingerprint density at radius 1 is 1.27 bits per heavy atom. The van der Waals surface area contributed by atoms with Crippen LogP contribution in [0.25, 0.3) is 11.4 Å². The second-order valence-electron chi connectivity index (χ2n) is 8.20. The molecule has 2 aliphatic heterocycles. The van der Waals surface area contributed by atoms with Crippen LogP contribution in [0.2, 0.25) is 0 Å². The fraction of sp³-hybridized carbons (Fsp3) is 0.500. The molecule has 10 heteroatoms. The molecule has 2 saturated heterocycles. The SMILES string of the molecule is CC(C)CN1C(=O)NC(=O)C12CCN(C(=O)Cc1nc(-c3cccnc3)n[nH]1)CC2. The first-order chi connectivity index (χ1) is 14.4. The Bertz CT molecular complexity index is 948. The second kappa shape index (κ2) is 7.85. The van der Waals surface area contributed by atoms with Crippen molar-refractivity contribution >= 4 is 17.8 Å². The summed E-state index contributed by atoms with van der Waals surface area (Å²) < 4.78 is 0. The third kappa shape index (κ3) is 3.64. The number of nitrogens with zero attached hydrogens (tertiary/aromatic N) is 5. The summed E-state index contributed by atoms with van der Waals surface area (Å²) in [5.41, 5.74) is -0.0767. The summed E-state index contributed by atoms with van der Waals surface area (Å²) in [7, 11) is 0. The first-order valence-electron chi connectivity index (χ1n) is 10.1. The molecule has 0 atom stereocenters. The summed E-state index contributed by atoms with van der Waals surface area (Å²) >= 11 is 0. The van der Waals surface area contributed by atoms with Crippen LogP contribution in [0, 0.1) is 5.92 Å². The molecule has 158 valence electrons. The molecule has 4 heterocycles. The number of urea groups is 1. The molecule has 1 spiro atoms. The smallest absolute Gasteiger partial charge is 0.325 e. The van der Waals surface area contributed by atoms with E-state index < -0.39 is 5.54 Å². The van der Waals surface area contributed by atoms with E-state index in [9.17, 15) is 14.4 Å². The molecule has 2 fully saturated rings. The van der Waals surface area contributed by atoms with Gasteiger partial charge < -0.3 is 9.80 Å². The molecule has 30 heavy (non-hydrogen) atoms. The molecular formula is C20H25N7O3. The Kier molecular flexibility index (Phi) is 5.23. The summed E-state index contributed by atoms with van der Waals surface area (Å²) in [5.74, 6) is 0.887. The minimum atomic E-state index is -0.849. The molecule has 4 rings (SSSR count). The first-order valence-corrected chi connectivity index (χ1v) is 10.1. The lowest BCUT2D eigenvalue weighted by atomic mass is 9.85. The molecule has 0 aromatic carbocycles. The number of nitrogens with one attached hydrogen (secondary N) is 2. The van der Waals surface area contributed by atoms with Gasteiger partial charge >= 0.3 is 6.03 Å². The van der Waals surface area contributed by atoms with Gasteiger partial charge in [0.15, 0.2) is 5.82 Å². The number of likely N-dealkylation sites (tertiary alicyclic amines) is 1. The Hall–Kier alpha value is -3.30. The van der Waals surface area contributed by atoms with Gasteiger partial charge in [0.1, 0.15) is 11.4 Å². The summed E-state index contributed by atoms with van der Waals surface area (Å²) in [5, 5.41) is 9.42. The van der Waals surface area contributed by atoms with Gasteiger partial charge in [-0.05, 0) is 30.9 Å². The number of aromatic nitrogens is 4. The molecule has 0 aliphatic carbocycles. The highest BCUT2D eigenvalue weighted by molar-refractivity contribution is 6.07. The molecule has 0 bridgehead atoms. The average Bonchev–Trinajstić information content (AvgIpc) is 3.28. The van der Waals surface area contributed by atoms with Gasteiger partial charge in [-0.3, -0.25) is 25.0 Å². The molecule has 2 N–H and O–H groups in total. The number of rotatable bonds is 5. The van der Waals surface area contributed by atoms with Crippen LogP contribution in [-0.2, 0) is 16.0 Å². The molecule has 0 radical (unpaired) electrons. The number of amides is 4. The van der Waals surface area contributed by atoms with E-state index in [0.717, 1.165) is 5.56 Å². The number of carbonyl (C=O) groups excluding carboxylic acids is 3. The van der Waals surface area contributed by atoms with E-state index in [2.05, 4.69) is 25.5 Å². The maximum atomic E-state index is 12.8. The minimum absolute atomic E-state index is 0.0844. The Morgan fingerprint density at radius 3 is 2.70 bits per heavy atom. The number of hydrogen-bond donors (Lipinski definition) is 2. The maximum absolute atomic E-state index is 12.8. The van der Waals surface area contributed by atoms with E-state index in [4.69, 9.17) is 0 Å². The van der Waals surface area contributed by atoms with E-state index in [-0.39, 0.29) is 30.2 Å². The number of aromatic amines is 1. The quantitative estimate of drug-likeness (QED) is 0.707. The van der Waals surface area contributed by atoms with Gasteiger partial charge in [-0.15, -0.1) is 0 Å². The molecule has 10 nitrogen and oxygen atoms in total. The molecule has 0 unspecified atom stereocenters. The van der Waals surface area contributed by atoms with Crippen molar-refractivity contribution in [1.29, 1.82) is 0 Å². The van der Waals surface area contributed by atoms with Crippen LogP contribution in [0.15, 0.2) is 24.5 Å². The summed E-state index contributed by atoms with van der Waals surface area (Å²) in [6.07, 6.45) is 4.29. The van der Waals surface area contributed by atoms with E-state index in [1.165, 1.54) is 0 Å². The highest BCUT2D eigenvalue weighted by Crippen LogP contribution is 2.34. The number of hydrogen-bond acceptors (Lipinski definition) is 6. The zero-order valence-electron chi connectivity index (χ0n) is 17.1. The van der Waals surface area contributed by atoms with Crippen molar-refractivity contribution in [3.63, 3.8) is 0 Å². The predicted molar refractivity (Wildman–Crippen MR) is 107 cm³/mol. The lowest BCUT2D eigenvalue weighted by molar-refractivity contribution is -0.137. The fourth-order valence-electron chi connectivity index (χ4n) is 4.10. The monoisotopic (exact) mass is 411 g/mol. The van der Waals surface area contributed by atoms with E-state index in [1.54, 1.807) is 28.3 Å². The summed E-state index contributed by atoms with van der Waals surface area (Å²) in [6.45, 7) is 5.37. The fourth-order valence-corrected chi connectivity index (χ4v) is 4.10. The van der Waals surface area contributed by atoms with Gasteiger partial charge in [-0.25, -0.2) is 9.78 Å². The normalized spacial score (nSPS) is 18.4. The van der Waals surface area contributed by atoms with Crippen molar-refractivity contribution in [2.75, 3.05) is 19.6 Å². The molecule has 0 saturated carbocycles. The molecule has 2 aromatic rings. The Labute approximate surface area is 174 Å². The Morgan fingerprint density at radius 2 is 2.03 bits per heavy atom. The number of carbonyl (C=O) groups is 3. The molecule has 4 amide bonds. The van der Waals surface area contributed by atoms with Crippen molar-refractivity contribution in [3.05, 3.63) is 30.4 Å². The summed E-state index contributed by atoms with van der Waals surface area (Å²) in [6, 6.07) is 3.31. The van der Waals surface area contributed by atoms with Crippen molar-refractivity contribution in [3.8, 4) is 11.4 Å². The van der Waals surface area contributed by atoms with Crippen LogP contribution in [0.1, 0.15) is 32.5 Å². The van der Waals surface area contributed by atoms with Crippen LogP contribution in [-0.4, -0.2) is 73.0 Å². The van der Waals surface area contributed by atoms with Crippen molar-refractivity contribution in [1.82, 2.24) is 35.3 Å². The van der Waals surface area contributed by atoms with Crippen LogP contribution < -0.4 is 5.32 Å². The van der Waals surface area contributed by atoms with Crippen molar-refractivity contribution < 1.29 is 14.4 Å². The highest BCUT2D eigenvalue weighted by atomic mass is 16.2. The van der Waals surface area contributed by atoms with E-state index in [1.807, 2.05) is 19.9 Å². The van der Waals surface area contributed by atoms with Gasteiger partial charge in [-0.2, -0.15) is 5.10 Å². The van der Waals surface area contributed by atoms with E-state index >= 15 is 0 Å². The van der Waals surface area contributed by atoms with Gasteiger partial charge in [0, 0.05) is 37.6 Å². The highest BCUT2D eigenvalue weighted by Gasteiger charge is 2.54. The van der Waals surface area contributed by atoms with Crippen molar-refractivity contribution in [2.45, 2.75) is 38.6 Å². The average molecular weight is 411 g/mol. The molecular weight excluding hydrogens is 386 g/mol. The third-order valence-electron chi connectivity index (χ3n) is 5.67. The van der Waals surface area contributed by atoms with Crippen LogP contribution in [0.5, 0.6) is 0 Å². The van der Waals surface area contributed by atoms with E-state index in [0.29, 0.717) is 44.1 Å². The van der Waals surface area contributed by atoms with Gasteiger partial charge in [0.05, 0.1) is 6.42 Å². The topological polar surface area (TPSA) is 124 Å². The second-order valence-corrected chi connectivity index (χ2v) is 8.20. The third-order valence-corrected chi connectivity index (χ3v) is 5.67. The zero-order chi connectivity index (χ0) is 21.3. The van der Waals surface area contributed by atoms with Gasteiger partial charge in [-0.1, -0.05) is 13.8 Å². The van der Waals surface area contributed by atoms with Gasteiger partial charge in [0.25, 0.3) is 5.91 Å². The number of H-pyrrole nitrogens is 1. The molecule has 2 aromatic heterocycles. The zero-order valence-corrected chi connectivity index (χ0v) is 17.1. The van der Waals surface area contributed by atoms with Crippen LogP contribution in [0.4, 0.5) is 4.79 Å². The molecule has 2 aliphatic rings. The van der Waals surface area contributed by atoms with Gasteiger partial charge in [0.2, 0.25) is 5.91 Å². The first kappa shape index (κ1) is 20.0.